The van der Waals surface area contributed by atoms with Crippen LogP contribution in [-0.2, 0) is 4.79 Å². The average molecular weight is 131 g/mol. The summed E-state index contributed by atoms with van der Waals surface area (Å²) in [4.78, 5) is 10.4. The summed E-state index contributed by atoms with van der Waals surface area (Å²) >= 11 is 0. The first kappa shape index (κ1) is 8.14. The lowest BCUT2D eigenvalue weighted by atomic mass is 10.5. The van der Waals surface area contributed by atoms with Gasteiger partial charge in [-0.3, -0.25) is 4.79 Å². The molecule has 0 saturated carbocycles. The van der Waals surface area contributed by atoms with E-state index < -0.39 is 5.83 Å². The molecule has 0 aromatic carbocycles. The lowest BCUT2D eigenvalue weighted by molar-refractivity contribution is -0.116. The van der Waals surface area contributed by atoms with Gasteiger partial charge in [0.15, 0.2) is 0 Å². The van der Waals surface area contributed by atoms with Crippen molar-refractivity contribution in [1.29, 1.82) is 0 Å². The van der Waals surface area contributed by atoms with Gasteiger partial charge < -0.3 is 5.32 Å². The minimum Gasteiger partial charge on any atom is -0.353 e. The van der Waals surface area contributed by atoms with Gasteiger partial charge in [-0.25, -0.2) is 4.39 Å². The molecule has 0 heterocycles. The third kappa shape index (κ3) is 5.00. The van der Waals surface area contributed by atoms with Crippen molar-refractivity contribution in [2.45, 2.75) is 13.8 Å². The Morgan fingerprint density at radius 1 is 1.78 bits per heavy atom. The van der Waals surface area contributed by atoms with Gasteiger partial charge in [-0.05, 0) is 13.8 Å². The maximum absolute atomic E-state index is 11.9. The van der Waals surface area contributed by atoms with E-state index in [1.807, 2.05) is 0 Å². The van der Waals surface area contributed by atoms with Crippen LogP contribution in [0, 0.1) is 0 Å². The van der Waals surface area contributed by atoms with E-state index in [1.54, 1.807) is 6.92 Å². The highest BCUT2D eigenvalue weighted by molar-refractivity contribution is 5.87. The minimum atomic E-state index is -0.471. The highest BCUT2D eigenvalue weighted by Gasteiger charge is 1.92. The number of allylic oxidation sites excluding steroid dienone is 1. The Morgan fingerprint density at radius 3 is 2.67 bits per heavy atom. The first-order valence-electron chi connectivity index (χ1n) is 2.78. The third-order valence-corrected chi connectivity index (χ3v) is 0.681. The molecule has 0 spiro atoms. The first-order valence-corrected chi connectivity index (χ1v) is 2.78. The van der Waals surface area contributed by atoms with Gasteiger partial charge in [0.2, 0.25) is 5.91 Å². The fourth-order valence-corrected chi connectivity index (χ4v) is 0.406. The number of hydrogen-bond donors (Lipinski definition) is 1. The zero-order valence-electron chi connectivity index (χ0n) is 5.57. The quantitative estimate of drug-likeness (QED) is 0.556. The standard InChI is InChI=1S/C6H10FNO/c1-3-8-6(9)4-5(2)7/h4H,3H2,1-2H3,(H,8,9)/b5-4+. The summed E-state index contributed by atoms with van der Waals surface area (Å²) in [6.45, 7) is 3.54. The van der Waals surface area contributed by atoms with Crippen LogP contribution in [0.25, 0.3) is 0 Å². The lowest BCUT2D eigenvalue weighted by Crippen LogP contribution is -2.20. The molecule has 0 fully saturated rings. The number of carbonyl (C=O) groups is 1. The van der Waals surface area contributed by atoms with E-state index in [0.29, 0.717) is 6.54 Å². The van der Waals surface area contributed by atoms with Gasteiger partial charge in [-0.15, -0.1) is 0 Å². The molecule has 0 bridgehead atoms. The lowest BCUT2D eigenvalue weighted by Gasteiger charge is -1.92. The van der Waals surface area contributed by atoms with Gasteiger partial charge in [0.25, 0.3) is 0 Å². The molecule has 0 aromatic heterocycles. The second kappa shape index (κ2) is 4.06. The van der Waals surface area contributed by atoms with Crippen molar-refractivity contribution >= 4 is 5.91 Å². The Labute approximate surface area is 53.8 Å². The Kier molecular flexibility index (Phi) is 3.67. The summed E-state index contributed by atoms with van der Waals surface area (Å²) < 4.78 is 11.9. The van der Waals surface area contributed by atoms with E-state index >= 15 is 0 Å². The maximum atomic E-state index is 11.9. The molecular weight excluding hydrogens is 121 g/mol. The van der Waals surface area contributed by atoms with E-state index in [-0.39, 0.29) is 5.91 Å². The molecule has 2 nitrogen and oxygen atoms in total. The van der Waals surface area contributed by atoms with Gasteiger partial charge in [-0.2, -0.15) is 0 Å². The second-order valence-corrected chi connectivity index (χ2v) is 1.63. The van der Waals surface area contributed by atoms with Crippen LogP contribution in [0.1, 0.15) is 13.8 Å². The summed E-state index contributed by atoms with van der Waals surface area (Å²) in [5.74, 6) is -0.849. The Morgan fingerprint density at radius 2 is 2.33 bits per heavy atom. The van der Waals surface area contributed by atoms with E-state index in [4.69, 9.17) is 0 Å². The van der Waals surface area contributed by atoms with Crippen molar-refractivity contribution in [1.82, 2.24) is 5.32 Å². The molecule has 0 aliphatic heterocycles. The smallest absolute Gasteiger partial charge is 0.246 e. The van der Waals surface area contributed by atoms with Crippen LogP contribution in [0.15, 0.2) is 11.9 Å². The number of nitrogens with one attached hydrogen (secondary N) is 1. The molecule has 1 amide bonds. The number of carbonyl (C=O) groups excluding carboxylic acids is 1. The molecule has 0 rings (SSSR count). The molecule has 52 valence electrons. The number of rotatable bonds is 2. The van der Waals surface area contributed by atoms with Crippen LogP contribution >= 0.6 is 0 Å². The fraction of sp³-hybridized carbons (Fsp3) is 0.500. The van der Waals surface area contributed by atoms with E-state index in [9.17, 15) is 9.18 Å². The molecule has 0 atom stereocenters. The molecule has 9 heavy (non-hydrogen) atoms. The summed E-state index contributed by atoms with van der Waals surface area (Å²) in [5.41, 5.74) is 0. The van der Waals surface area contributed by atoms with Crippen molar-refractivity contribution in [2.75, 3.05) is 6.54 Å². The second-order valence-electron chi connectivity index (χ2n) is 1.63. The monoisotopic (exact) mass is 131 g/mol. The summed E-state index contributed by atoms with van der Waals surface area (Å²) in [5, 5.41) is 2.42. The van der Waals surface area contributed by atoms with Crippen LogP contribution in [0.4, 0.5) is 4.39 Å². The molecule has 0 saturated heterocycles. The van der Waals surface area contributed by atoms with Gasteiger partial charge >= 0.3 is 0 Å². The molecule has 0 aliphatic carbocycles. The van der Waals surface area contributed by atoms with Crippen molar-refractivity contribution in [3.63, 3.8) is 0 Å². The van der Waals surface area contributed by atoms with E-state index in [0.717, 1.165) is 6.08 Å². The van der Waals surface area contributed by atoms with Crippen molar-refractivity contribution < 1.29 is 9.18 Å². The first-order chi connectivity index (χ1) is 4.16. The molecule has 0 unspecified atom stereocenters. The van der Waals surface area contributed by atoms with Gasteiger partial charge in [-0.1, -0.05) is 0 Å². The average Bonchev–Trinajstić information content (AvgIpc) is 1.63. The SMILES string of the molecule is CCNC(=O)/C=C(\C)F. The zero-order chi connectivity index (χ0) is 7.28. The van der Waals surface area contributed by atoms with Gasteiger partial charge in [0, 0.05) is 12.6 Å². The number of halogens is 1. The Hall–Kier alpha value is -0.860. The van der Waals surface area contributed by atoms with Crippen molar-refractivity contribution in [3.8, 4) is 0 Å². The van der Waals surface area contributed by atoms with Crippen LogP contribution in [0.3, 0.4) is 0 Å². The van der Waals surface area contributed by atoms with Crippen LogP contribution < -0.4 is 5.32 Å². The maximum Gasteiger partial charge on any atom is 0.246 e. The third-order valence-electron chi connectivity index (χ3n) is 0.681. The molecule has 0 radical (unpaired) electrons. The number of likely N-dealkylation sites (N-methyl/N-ethyl adjacent to an activating group) is 1. The summed E-state index contributed by atoms with van der Waals surface area (Å²) in [6.07, 6.45) is 0.920. The van der Waals surface area contributed by atoms with Crippen LogP contribution in [0.2, 0.25) is 0 Å². The highest BCUT2D eigenvalue weighted by Crippen LogP contribution is 1.90. The van der Waals surface area contributed by atoms with E-state index in [1.165, 1.54) is 6.92 Å². The number of hydrogen-bond acceptors (Lipinski definition) is 1. The Bertz CT molecular complexity index is 127. The largest absolute Gasteiger partial charge is 0.353 e. The number of amides is 1. The van der Waals surface area contributed by atoms with E-state index in [2.05, 4.69) is 5.32 Å². The van der Waals surface area contributed by atoms with Crippen molar-refractivity contribution in [2.24, 2.45) is 0 Å². The molecule has 0 aromatic rings. The summed E-state index contributed by atoms with van der Waals surface area (Å²) in [6, 6.07) is 0. The molecule has 1 N–H and O–H groups in total. The van der Waals surface area contributed by atoms with Crippen LogP contribution in [-0.4, -0.2) is 12.5 Å². The minimum absolute atomic E-state index is 0.377. The predicted octanol–water partition coefficient (Wildman–Crippen LogP) is 0.996. The fourth-order valence-electron chi connectivity index (χ4n) is 0.406. The normalized spacial score (nSPS) is 11.2. The highest BCUT2D eigenvalue weighted by atomic mass is 19.1. The topological polar surface area (TPSA) is 29.1 Å². The Balaban J connectivity index is 3.63. The summed E-state index contributed by atoms with van der Waals surface area (Å²) in [7, 11) is 0. The predicted molar refractivity (Wildman–Crippen MR) is 33.5 cm³/mol. The zero-order valence-corrected chi connectivity index (χ0v) is 5.57. The molecular formula is C6H10FNO. The van der Waals surface area contributed by atoms with Crippen LogP contribution in [0.5, 0.6) is 0 Å². The molecule has 0 aliphatic rings. The van der Waals surface area contributed by atoms with Gasteiger partial charge in [0.1, 0.15) is 5.83 Å². The molecule has 3 heteroatoms. The van der Waals surface area contributed by atoms with Gasteiger partial charge in [0.05, 0.1) is 0 Å². The van der Waals surface area contributed by atoms with Crippen molar-refractivity contribution in [3.05, 3.63) is 11.9 Å².